The van der Waals surface area contributed by atoms with Gasteiger partial charge in [-0.1, -0.05) is 0 Å². The van der Waals surface area contributed by atoms with Crippen molar-refractivity contribution in [2.24, 2.45) is 0 Å². The van der Waals surface area contributed by atoms with Crippen molar-refractivity contribution in [2.75, 3.05) is 26.4 Å². The highest BCUT2D eigenvalue weighted by atomic mass is 16.8. The fourth-order valence-electron chi connectivity index (χ4n) is 5.11. The summed E-state index contributed by atoms with van der Waals surface area (Å²) in [6.07, 6.45) is -31.8. The molecule has 0 unspecified atom stereocenters. The Labute approximate surface area is 243 Å². The predicted octanol–water partition coefficient (Wildman–Crippen LogP) is -9.11. The molecule has 0 saturated carbocycles. The molecule has 4 fully saturated rings. The van der Waals surface area contributed by atoms with E-state index in [9.17, 15) is 66.4 Å². The Morgan fingerprint density at radius 2 is 0.814 bits per heavy atom. The van der Waals surface area contributed by atoms with Crippen LogP contribution in [0.3, 0.4) is 0 Å². The van der Waals surface area contributed by atoms with Crippen LogP contribution in [0.4, 0.5) is 0 Å². The lowest BCUT2D eigenvalue weighted by Gasteiger charge is -2.45. The molecule has 0 bridgehead atoms. The van der Waals surface area contributed by atoms with Crippen LogP contribution in [0.5, 0.6) is 0 Å². The molecule has 0 radical (unpaired) electrons. The lowest BCUT2D eigenvalue weighted by molar-refractivity contribution is -0.358. The van der Waals surface area contributed by atoms with Crippen LogP contribution in [0.2, 0.25) is 0 Å². The van der Waals surface area contributed by atoms with Crippen LogP contribution in [0.25, 0.3) is 0 Å². The number of rotatable bonds is 10. The summed E-state index contributed by atoms with van der Waals surface area (Å²) in [5.41, 5.74) is 0. The SMILES string of the molecule is OC[C@@H]1O[C@@H](O[C@H]2[C@H](OC[C@H]3O[C@@H](O)[C@H](O)[C@@H](O)[C@H]3O)O[C@H](CO[C@@H]3O[C@H](CO)[C@H](O)[C@H](O)[C@H]3O)[C@H](O)[C@@H]2O)[C@H](O)[C@H]1O. The van der Waals surface area contributed by atoms with E-state index in [-0.39, 0.29) is 0 Å². The third kappa shape index (κ3) is 7.29. The van der Waals surface area contributed by atoms with Crippen LogP contribution in [0.15, 0.2) is 0 Å². The fraction of sp³-hybridized carbons (Fsp3) is 1.00. The summed E-state index contributed by atoms with van der Waals surface area (Å²) in [6.45, 7) is -2.77. The largest absolute Gasteiger partial charge is 0.394 e. The number of hydrogen-bond donors (Lipinski definition) is 13. The molecule has 4 rings (SSSR count). The van der Waals surface area contributed by atoms with E-state index in [1.165, 1.54) is 0 Å². The first kappa shape index (κ1) is 35.1. The Bertz CT molecular complexity index is 869. The van der Waals surface area contributed by atoms with E-state index in [0.29, 0.717) is 0 Å². The maximum atomic E-state index is 10.9. The van der Waals surface area contributed by atoms with Gasteiger partial charge in [0, 0.05) is 0 Å². The van der Waals surface area contributed by atoms with Crippen molar-refractivity contribution < 1.29 is 99.5 Å². The molecule has 4 heterocycles. The lowest BCUT2D eigenvalue weighted by atomic mass is 9.97. The molecule has 252 valence electrons. The molecule has 0 aromatic carbocycles. The molecular formula is C23H40O20. The molecule has 0 aliphatic carbocycles. The molecule has 4 aliphatic heterocycles. The van der Waals surface area contributed by atoms with Gasteiger partial charge in [0.2, 0.25) is 0 Å². The minimum Gasteiger partial charge on any atom is -0.394 e. The number of aliphatic hydroxyl groups excluding tert-OH is 13. The van der Waals surface area contributed by atoms with Crippen LogP contribution in [-0.4, -0.2) is 210 Å². The minimum atomic E-state index is -1.91. The molecule has 43 heavy (non-hydrogen) atoms. The van der Waals surface area contributed by atoms with Crippen molar-refractivity contribution in [3.05, 3.63) is 0 Å². The summed E-state index contributed by atoms with van der Waals surface area (Å²) in [4.78, 5) is 0. The summed E-state index contributed by atoms with van der Waals surface area (Å²) in [6, 6.07) is 0. The second-order valence-electron chi connectivity index (χ2n) is 10.7. The van der Waals surface area contributed by atoms with Crippen LogP contribution >= 0.6 is 0 Å². The van der Waals surface area contributed by atoms with E-state index >= 15 is 0 Å². The normalized spacial score (nSPS) is 52.8. The van der Waals surface area contributed by atoms with Gasteiger partial charge in [-0.2, -0.15) is 0 Å². The van der Waals surface area contributed by atoms with Crippen molar-refractivity contribution in [3.8, 4) is 0 Å². The third-order valence-electron chi connectivity index (χ3n) is 7.82. The van der Waals surface area contributed by atoms with E-state index in [0.717, 1.165) is 0 Å². The van der Waals surface area contributed by atoms with E-state index in [1.54, 1.807) is 0 Å². The van der Waals surface area contributed by atoms with E-state index < -0.39 is 143 Å². The number of aliphatic hydroxyl groups is 13. The van der Waals surface area contributed by atoms with Gasteiger partial charge in [-0.3, -0.25) is 0 Å². The minimum absolute atomic E-state index is 0.659. The molecule has 0 amide bonds. The maximum Gasteiger partial charge on any atom is 0.187 e. The van der Waals surface area contributed by atoms with Crippen molar-refractivity contribution in [1.82, 2.24) is 0 Å². The third-order valence-corrected chi connectivity index (χ3v) is 7.82. The average molecular weight is 637 g/mol. The second kappa shape index (κ2) is 14.7. The van der Waals surface area contributed by atoms with E-state index in [1.807, 2.05) is 0 Å². The van der Waals surface area contributed by atoms with Crippen molar-refractivity contribution in [2.45, 2.75) is 117 Å². The molecule has 20 nitrogen and oxygen atoms in total. The first-order valence-electron chi connectivity index (χ1n) is 13.5. The Kier molecular flexibility index (Phi) is 12.0. The van der Waals surface area contributed by atoms with E-state index in [2.05, 4.69) is 0 Å². The summed E-state index contributed by atoms with van der Waals surface area (Å²) in [5, 5.41) is 131. The molecule has 13 N–H and O–H groups in total. The molecule has 19 atom stereocenters. The molecule has 0 aromatic heterocycles. The van der Waals surface area contributed by atoms with Gasteiger partial charge in [-0.05, 0) is 0 Å². The van der Waals surface area contributed by atoms with Crippen molar-refractivity contribution in [3.63, 3.8) is 0 Å². The molecule has 0 spiro atoms. The van der Waals surface area contributed by atoms with Gasteiger partial charge < -0.3 is 99.5 Å². The highest BCUT2D eigenvalue weighted by Gasteiger charge is 2.52. The molecule has 4 saturated heterocycles. The summed E-state index contributed by atoms with van der Waals surface area (Å²) in [7, 11) is 0. The predicted molar refractivity (Wildman–Crippen MR) is 128 cm³/mol. The summed E-state index contributed by atoms with van der Waals surface area (Å²) >= 11 is 0. The molecule has 0 aromatic rings. The average Bonchev–Trinajstić information content (AvgIpc) is 3.27. The van der Waals surface area contributed by atoms with E-state index in [4.69, 9.17) is 33.2 Å². The zero-order valence-electron chi connectivity index (χ0n) is 22.5. The standard InChI is InChI=1S/C23H40O20/c24-1-5-9(26)14(31)18(35)21(40-5)37-4-8-12(29)15(32)19(43-22-17(34)10(27)6(2-25)41-22)23(42-8)38-3-7-11(28)13(30)16(33)20(36)39-7/h5-36H,1-4H2/t5-,6+,7-,8-,9+,10+,11+,12+,13+,14+,15+,16-,17-,18-,19-,20-,21-,22+,23-/m1/s1. The van der Waals surface area contributed by atoms with Crippen LogP contribution in [0.1, 0.15) is 0 Å². The highest BCUT2D eigenvalue weighted by molar-refractivity contribution is 4.95. The molecule has 4 aliphatic rings. The zero-order valence-corrected chi connectivity index (χ0v) is 22.5. The Hall–Kier alpha value is -0.800. The van der Waals surface area contributed by atoms with Crippen LogP contribution in [-0.2, 0) is 33.2 Å². The topological polar surface area (TPSA) is 328 Å². The monoisotopic (exact) mass is 636 g/mol. The smallest absolute Gasteiger partial charge is 0.187 e. The molecular weight excluding hydrogens is 596 g/mol. The van der Waals surface area contributed by atoms with Gasteiger partial charge in [-0.15, -0.1) is 0 Å². The van der Waals surface area contributed by atoms with Gasteiger partial charge in [0.1, 0.15) is 91.6 Å². The highest BCUT2D eigenvalue weighted by Crippen LogP contribution is 2.32. The first-order chi connectivity index (χ1) is 20.3. The summed E-state index contributed by atoms with van der Waals surface area (Å²) in [5.74, 6) is 0. The van der Waals surface area contributed by atoms with Gasteiger partial charge >= 0.3 is 0 Å². The fourth-order valence-corrected chi connectivity index (χ4v) is 5.11. The Balaban J connectivity index is 1.47. The Morgan fingerprint density at radius 3 is 1.42 bits per heavy atom. The van der Waals surface area contributed by atoms with Crippen molar-refractivity contribution in [1.29, 1.82) is 0 Å². The van der Waals surface area contributed by atoms with Gasteiger partial charge in [0.25, 0.3) is 0 Å². The van der Waals surface area contributed by atoms with Gasteiger partial charge in [0.15, 0.2) is 25.2 Å². The van der Waals surface area contributed by atoms with Gasteiger partial charge in [0.05, 0.1) is 26.4 Å². The lowest BCUT2D eigenvalue weighted by Crippen LogP contribution is -2.63. The number of hydrogen-bond acceptors (Lipinski definition) is 20. The van der Waals surface area contributed by atoms with Crippen LogP contribution in [0, 0.1) is 0 Å². The van der Waals surface area contributed by atoms with Gasteiger partial charge in [-0.25, -0.2) is 0 Å². The number of ether oxygens (including phenoxy) is 7. The maximum absolute atomic E-state index is 10.9. The first-order valence-corrected chi connectivity index (χ1v) is 13.5. The van der Waals surface area contributed by atoms with Crippen LogP contribution < -0.4 is 0 Å². The zero-order chi connectivity index (χ0) is 31.7. The Morgan fingerprint density at radius 1 is 0.395 bits per heavy atom. The summed E-state index contributed by atoms with van der Waals surface area (Å²) < 4.78 is 37.8. The molecule has 20 heteroatoms. The quantitative estimate of drug-likeness (QED) is 0.106. The van der Waals surface area contributed by atoms with Crippen molar-refractivity contribution >= 4 is 0 Å². The second-order valence-corrected chi connectivity index (χ2v) is 10.7.